The zero-order chi connectivity index (χ0) is 14.7. The van der Waals surface area contributed by atoms with E-state index in [-0.39, 0.29) is 5.91 Å². The van der Waals surface area contributed by atoms with Gasteiger partial charge in [-0.3, -0.25) is 14.5 Å². The molecule has 0 fully saturated rings. The summed E-state index contributed by atoms with van der Waals surface area (Å²) in [6, 6.07) is 13.2. The summed E-state index contributed by atoms with van der Waals surface area (Å²) >= 11 is 0. The van der Waals surface area contributed by atoms with E-state index in [1.807, 2.05) is 42.6 Å². The first-order valence-electron chi connectivity index (χ1n) is 6.54. The van der Waals surface area contributed by atoms with Gasteiger partial charge in [0.2, 0.25) is 0 Å². The Hall–Kier alpha value is -2.95. The molecular formula is C16H14N4O. The number of nitrogens with zero attached hydrogens (tertiary/aromatic N) is 3. The Labute approximate surface area is 122 Å². The van der Waals surface area contributed by atoms with Crippen LogP contribution in [0.2, 0.25) is 0 Å². The van der Waals surface area contributed by atoms with Gasteiger partial charge in [-0.15, -0.1) is 0 Å². The Bertz CT molecular complexity index is 747. The predicted molar refractivity (Wildman–Crippen MR) is 80.8 cm³/mol. The quantitative estimate of drug-likeness (QED) is 0.801. The van der Waals surface area contributed by atoms with Crippen molar-refractivity contribution in [1.82, 2.24) is 14.8 Å². The van der Waals surface area contributed by atoms with Crippen LogP contribution < -0.4 is 5.32 Å². The molecule has 0 radical (unpaired) electrons. The molecule has 5 heteroatoms. The fourth-order valence-electron chi connectivity index (χ4n) is 2.07. The van der Waals surface area contributed by atoms with Crippen LogP contribution in [0, 0.1) is 0 Å². The summed E-state index contributed by atoms with van der Waals surface area (Å²) in [5.41, 5.74) is 3.36. The number of hydrogen-bond donors (Lipinski definition) is 1. The number of hydrogen-bond acceptors (Lipinski definition) is 3. The molecule has 3 aromatic rings. The lowest BCUT2D eigenvalue weighted by molar-refractivity contribution is 0.101. The smallest absolute Gasteiger partial charge is 0.273 e. The van der Waals surface area contributed by atoms with Gasteiger partial charge in [-0.25, -0.2) is 0 Å². The SMILES string of the molecule is Cn1nccc1C(=O)Nc1ccc(-c2cccnc2)cc1. The molecule has 0 aliphatic carbocycles. The normalized spacial score (nSPS) is 10.3. The molecule has 21 heavy (non-hydrogen) atoms. The van der Waals surface area contributed by atoms with Crippen LogP contribution in [0.4, 0.5) is 5.69 Å². The minimum Gasteiger partial charge on any atom is -0.321 e. The van der Waals surface area contributed by atoms with Crippen molar-refractivity contribution in [2.45, 2.75) is 0 Å². The van der Waals surface area contributed by atoms with Crippen molar-refractivity contribution in [2.24, 2.45) is 7.05 Å². The maximum atomic E-state index is 12.1. The fraction of sp³-hybridized carbons (Fsp3) is 0.0625. The molecular weight excluding hydrogens is 264 g/mol. The van der Waals surface area contributed by atoms with E-state index in [4.69, 9.17) is 0 Å². The average Bonchev–Trinajstić information content (AvgIpc) is 2.95. The molecule has 1 N–H and O–H groups in total. The first-order chi connectivity index (χ1) is 10.2. The third kappa shape index (κ3) is 2.81. The minimum atomic E-state index is -0.177. The van der Waals surface area contributed by atoms with Crippen LogP contribution in [0.5, 0.6) is 0 Å². The number of aryl methyl sites for hydroxylation is 1. The lowest BCUT2D eigenvalue weighted by atomic mass is 10.1. The molecule has 3 rings (SSSR count). The van der Waals surface area contributed by atoms with Crippen molar-refractivity contribution < 1.29 is 4.79 Å². The average molecular weight is 278 g/mol. The van der Waals surface area contributed by atoms with E-state index in [1.54, 1.807) is 30.2 Å². The maximum absolute atomic E-state index is 12.1. The van der Waals surface area contributed by atoms with Gasteiger partial charge in [0, 0.05) is 31.3 Å². The van der Waals surface area contributed by atoms with Crippen molar-refractivity contribution in [3.05, 3.63) is 66.7 Å². The monoisotopic (exact) mass is 278 g/mol. The largest absolute Gasteiger partial charge is 0.321 e. The highest BCUT2D eigenvalue weighted by atomic mass is 16.2. The van der Waals surface area contributed by atoms with Crippen molar-refractivity contribution in [1.29, 1.82) is 0 Å². The standard InChI is InChI=1S/C16H14N4O/c1-20-15(8-10-18-20)16(21)19-14-6-4-12(5-7-14)13-3-2-9-17-11-13/h2-11H,1H3,(H,19,21). The first kappa shape index (κ1) is 13.1. The molecule has 0 spiro atoms. The Morgan fingerprint density at radius 1 is 1.05 bits per heavy atom. The predicted octanol–water partition coefficient (Wildman–Crippen LogP) is 2.73. The lowest BCUT2D eigenvalue weighted by Gasteiger charge is -2.07. The zero-order valence-electron chi connectivity index (χ0n) is 11.5. The Morgan fingerprint density at radius 3 is 2.48 bits per heavy atom. The number of benzene rings is 1. The number of aromatic nitrogens is 3. The minimum absolute atomic E-state index is 0.177. The summed E-state index contributed by atoms with van der Waals surface area (Å²) in [5, 5.41) is 6.83. The van der Waals surface area contributed by atoms with E-state index < -0.39 is 0 Å². The second kappa shape index (κ2) is 5.58. The summed E-state index contributed by atoms with van der Waals surface area (Å²) < 4.78 is 1.54. The molecule has 0 aliphatic heterocycles. The van der Waals surface area contributed by atoms with Gasteiger partial charge >= 0.3 is 0 Å². The van der Waals surface area contributed by atoms with Gasteiger partial charge < -0.3 is 5.32 Å². The van der Waals surface area contributed by atoms with Crippen LogP contribution in [0.25, 0.3) is 11.1 Å². The van der Waals surface area contributed by atoms with Crippen LogP contribution >= 0.6 is 0 Å². The van der Waals surface area contributed by atoms with Crippen molar-refractivity contribution in [2.75, 3.05) is 5.32 Å². The molecule has 0 aliphatic rings. The summed E-state index contributed by atoms with van der Waals surface area (Å²) in [4.78, 5) is 16.2. The summed E-state index contributed by atoms with van der Waals surface area (Å²) in [5.74, 6) is -0.177. The second-order valence-corrected chi connectivity index (χ2v) is 4.61. The van der Waals surface area contributed by atoms with E-state index >= 15 is 0 Å². The van der Waals surface area contributed by atoms with Gasteiger partial charge in [-0.05, 0) is 35.4 Å². The number of nitrogens with one attached hydrogen (secondary N) is 1. The zero-order valence-corrected chi connectivity index (χ0v) is 11.5. The van der Waals surface area contributed by atoms with Crippen LogP contribution in [0.15, 0.2) is 61.1 Å². The van der Waals surface area contributed by atoms with E-state index in [1.165, 1.54) is 0 Å². The van der Waals surface area contributed by atoms with Crippen LogP contribution in [-0.4, -0.2) is 20.7 Å². The molecule has 0 saturated carbocycles. The van der Waals surface area contributed by atoms with Crippen molar-refractivity contribution in [3.8, 4) is 11.1 Å². The maximum Gasteiger partial charge on any atom is 0.273 e. The van der Waals surface area contributed by atoms with E-state index in [9.17, 15) is 4.79 Å². The Kier molecular flexibility index (Phi) is 3.47. The summed E-state index contributed by atoms with van der Waals surface area (Å²) in [7, 11) is 1.74. The van der Waals surface area contributed by atoms with Gasteiger partial charge in [0.25, 0.3) is 5.91 Å². The van der Waals surface area contributed by atoms with Crippen LogP contribution in [0.3, 0.4) is 0 Å². The molecule has 2 heterocycles. The summed E-state index contributed by atoms with van der Waals surface area (Å²) in [6.07, 6.45) is 5.15. The number of pyridine rings is 1. The number of amides is 1. The highest BCUT2D eigenvalue weighted by molar-refractivity contribution is 6.03. The van der Waals surface area contributed by atoms with Crippen LogP contribution in [-0.2, 0) is 7.05 Å². The van der Waals surface area contributed by atoms with E-state index in [0.29, 0.717) is 5.69 Å². The van der Waals surface area contributed by atoms with Gasteiger partial charge in [-0.1, -0.05) is 18.2 Å². The highest BCUT2D eigenvalue weighted by Crippen LogP contribution is 2.20. The molecule has 0 unspecified atom stereocenters. The lowest BCUT2D eigenvalue weighted by Crippen LogP contribution is -2.15. The number of carbonyl (C=O) groups is 1. The summed E-state index contributed by atoms with van der Waals surface area (Å²) in [6.45, 7) is 0. The first-order valence-corrected chi connectivity index (χ1v) is 6.54. The van der Waals surface area contributed by atoms with Gasteiger partial charge in [0.15, 0.2) is 0 Å². The molecule has 2 aromatic heterocycles. The number of carbonyl (C=O) groups excluding carboxylic acids is 1. The molecule has 104 valence electrons. The van der Waals surface area contributed by atoms with Gasteiger partial charge in [0.05, 0.1) is 0 Å². The third-order valence-electron chi connectivity index (χ3n) is 3.19. The van der Waals surface area contributed by atoms with Crippen molar-refractivity contribution >= 4 is 11.6 Å². The van der Waals surface area contributed by atoms with Gasteiger partial charge in [-0.2, -0.15) is 5.10 Å². The Balaban J connectivity index is 1.76. The van der Waals surface area contributed by atoms with E-state index in [2.05, 4.69) is 15.4 Å². The Morgan fingerprint density at radius 2 is 1.86 bits per heavy atom. The molecule has 5 nitrogen and oxygen atoms in total. The second-order valence-electron chi connectivity index (χ2n) is 4.61. The highest BCUT2D eigenvalue weighted by Gasteiger charge is 2.09. The molecule has 1 amide bonds. The van der Waals surface area contributed by atoms with Gasteiger partial charge in [0.1, 0.15) is 5.69 Å². The topological polar surface area (TPSA) is 59.8 Å². The number of anilines is 1. The van der Waals surface area contributed by atoms with Crippen LogP contribution in [0.1, 0.15) is 10.5 Å². The molecule has 0 atom stereocenters. The number of rotatable bonds is 3. The molecule has 0 saturated heterocycles. The molecule has 1 aromatic carbocycles. The third-order valence-corrected chi connectivity index (χ3v) is 3.19. The van der Waals surface area contributed by atoms with E-state index in [0.717, 1.165) is 16.8 Å². The fourth-order valence-corrected chi connectivity index (χ4v) is 2.07. The van der Waals surface area contributed by atoms with Crippen molar-refractivity contribution in [3.63, 3.8) is 0 Å². The molecule has 0 bridgehead atoms.